The predicted molar refractivity (Wildman–Crippen MR) is 101 cm³/mol. The predicted octanol–water partition coefficient (Wildman–Crippen LogP) is 5.12. The largest absolute Gasteiger partial charge is 0.330 e. The minimum absolute atomic E-state index is 0.783. The fraction of sp³-hybridized carbons (Fsp3) is 0.0556. The van der Waals surface area contributed by atoms with Crippen molar-refractivity contribution in [1.29, 1.82) is 0 Å². The summed E-state index contributed by atoms with van der Waals surface area (Å²) < 4.78 is 0.934. The number of fused-ring (bicyclic) bond motifs is 1. The molecule has 6 heteroatoms. The summed E-state index contributed by atoms with van der Waals surface area (Å²) in [7, 11) is 0. The molecule has 4 nitrogen and oxygen atoms in total. The molecule has 0 radical (unpaired) electrons. The van der Waals surface area contributed by atoms with Gasteiger partial charge >= 0.3 is 0 Å². The van der Waals surface area contributed by atoms with Gasteiger partial charge in [-0.2, -0.15) is 0 Å². The first-order valence-electron chi connectivity index (χ1n) is 7.50. The number of thioether (sulfide) groups is 1. The van der Waals surface area contributed by atoms with Crippen molar-refractivity contribution in [2.45, 2.75) is 10.1 Å². The smallest absolute Gasteiger partial charge is 0.210 e. The van der Waals surface area contributed by atoms with E-state index in [0.29, 0.717) is 0 Å². The first-order valence-corrected chi connectivity index (χ1v) is 9.30. The van der Waals surface area contributed by atoms with Crippen LogP contribution < -0.4 is 5.32 Å². The molecular formula is C18H14N4S2. The Balaban J connectivity index is 1.42. The second-order valence-corrected chi connectivity index (χ2v) is 7.35. The molecule has 2 aromatic carbocycles. The number of anilines is 2. The van der Waals surface area contributed by atoms with Gasteiger partial charge in [0.25, 0.3) is 0 Å². The average molecular weight is 350 g/mol. The summed E-state index contributed by atoms with van der Waals surface area (Å²) in [5.41, 5.74) is 3.09. The van der Waals surface area contributed by atoms with Crippen molar-refractivity contribution >= 4 is 44.8 Å². The zero-order chi connectivity index (χ0) is 16.2. The van der Waals surface area contributed by atoms with Gasteiger partial charge in [0.1, 0.15) is 0 Å². The second-order valence-electron chi connectivity index (χ2n) is 5.15. The molecule has 0 saturated carbocycles. The van der Waals surface area contributed by atoms with Gasteiger partial charge in [0.15, 0.2) is 4.34 Å². The Kier molecular flexibility index (Phi) is 4.40. The van der Waals surface area contributed by atoms with Gasteiger partial charge in [0.2, 0.25) is 5.13 Å². The third-order valence-corrected chi connectivity index (χ3v) is 5.44. The van der Waals surface area contributed by atoms with E-state index in [1.807, 2.05) is 48.5 Å². The highest BCUT2D eigenvalue weighted by atomic mass is 32.2. The van der Waals surface area contributed by atoms with Crippen molar-refractivity contribution in [3.63, 3.8) is 0 Å². The molecule has 0 bridgehead atoms. The van der Waals surface area contributed by atoms with E-state index in [1.54, 1.807) is 23.1 Å². The maximum absolute atomic E-state index is 4.68. The molecule has 0 spiro atoms. The van der Waals surface area contributed by atoms with Gasteiger partial charge in [0, 0.05) is 16.8 Å². The Morgan fingerprint density at radius 1 is 0.875 bits per heavy atom. The van der Waals surface area contributed by atoms with Crippen molar-refractivity contribution in [3.8, 4) is 0 Å². The molecule has 0 amide bonds. The van der Waals surface area contributed by atoms with Crippen LogP contribution in [0, 0.1) is 0 Å². The SMILES string of the molecule is c1ccc(Nc2nnc(SCc3ccc4ccccc4n3)s2)cc1. The molecular weight excluding hydrogens is 336 g/mol. The highest BCUT2D eigenvalue weighted by Gasteiger charge is 2.06. The minimum Gasteiger partial charge on any atom is -0.330 e. The van der Waals surface area contributed by atoms with E-state index in [2.05, 4.69) is 38.7 Å². The van der Waals surface area contributed by atoms with Crippen LogP contribution in [0.2, 0.25) is 0 Å². The van der Waals surface area contributed by atoms with Crippen molar-refractivity contribution in [2.24, 2.45) is 0 Å². The van der Waals surface area contributed by atoms with E-state index in [9.17, 15) is 0 Å². The van der Waals surface area contributed by atoms with Gasteiger partial charge in [-0.25, -0.2) is 0 Å². The van der Waals surface area contributed by atoms with Crippen molar-refractivity contribution in [1.82, 2.24) is 15.2 Å². The lowest BCUT2D eigenvalue weighted by molar-refractivity contribution is 1.01. The van der Waals surface area contributed by atoms with Crippen LogP contribution in [0.1, 0.15) is 5.69 Å². The van der Waals surface area contributed by atoms with Crippen molar-refractivity contribution < 1.29 is 0 Å². The molecule has 0 aliphatic carbocycles. The monoisotopic (exact) mass is 350 g/mol. The Morgan fingerprint density at radius 2 is 1.71 bits per heavy atom. The van der Waals surface area contributed by atoms with Crippen molar-refractivity contribution in [3.05, 3.63) is 72.4 Å². The van der Waals surface area contributed by atoms with E-state index >= 15 is 0 Å². The molecule has 24 heavy (non-hydrogen) atoms. The number of nitrogens with one attached hydrogen (secondary N) is 1. The van der Waals surface area contributed by atoms with Crippen LogP contribution in [0.3, 0.4) is 0 Å². The summed E-state index contributed by atoms with van der Waals surface area (Å²) in [5.74, 6) is 0.783. The van der Waals surface area contributed by atoms with Gasteiger partial charge < -0.3 is 5.32 Å². The van der Waals surface area contributed by atoms with Crippen LogP contribution in [0.4, 0.5) is 10.8 Å². The summed E-state index contributed by atoms with van der Waals surface area (Å²) in [6, 6.07) is 22.3. The Bertz CT molecular complexity index is 953. The number of hydrogen-bond acceptors (Lipinski definition) is 6. The lowest BCUT2D eigenvalue weighted by atomic mass is 10.2. The van der Waals surface area contributed by atoms with Crippen LogP contribution in [0.25, 0.3) is 10.9 Å². The maximum atomic E-state index is 4.68. The minimum atomic E-state index is 0.783. The Hall–Kier alpha value is -2.44. The normalized spacial score (nSPS) is 10.8. The maximum Gasteiger partial charge on any atom is 0.210 e. The van der Waals surface area contributed by atoms with Gasteiger partial charge in [-0.15, -0.1) is 10.2 Å². The fourth-order valence-corrected chi connectivity index (χ4v) is 3.97. The van der Waals surface area contributed by atoms with E-state index in [4.69, 9.17) is 0 Å². The summed E-state index contributed by atoms with van der Waals surface area (Å²) in [5, 5.41) is 13.6. The van der Waals surface area contributed by atoms with Gasteiger partial charge in [-0.1, -0.05) is 65.6 Å². The summed E-state index contributed by atoms with van der Waals surface area (Å²) in [6.45, 7) is 0. The quantitative estimate of drug-likeness (QED) is 0.506. The van der Waals surface area contributed by atoms with E-state index < -0.39 is 0 Å². The molecule has 118 valence electrons. The number of nitrogens with zero attached hydrogens (tertiary/aromatic N) is 3. The molecule has 1 N–H and O–H groups in total. The Labute approximate surface area is 148 Å². The summed E-state index contributed by atoms with van der Waals surface area (Å²) >= 11 is 3.21. The molecule has 2 aromatic heterocycles. The summed E-state index contributed by atoms with van der Waals surface area (Å²) in [4.78, 5) is 4.68. The number of aromatic nitrogens is 3. The molecule has 0 aliphatic rings. The standard InChI is InChI=1S/C18H14N4S2/c1-2-7-14(8-3-1)20-17-21-22-18(24-17)23-12-15-11-10-13-6-4-5-9-16(13)19-15/h1-11H,12H2,(H,20,21). The number of para-hydroxylation sites is 2. The van der Waals surface area contributed by atoms with Crippen LogP contribution in [0.15, 0.2) is 71.1 Å². The Morgan fingerprint density at radius 3 is 2.62 bits per heavy atom. The van der Waals surface area contributed by atoms with E-state index in [-0.39, 0.29) is 0 Å². The zero-order valence-electron chi connectivity index (χ0n) is 12.7. The van der Waals surface area contributed by atoms with Crippen molar-refractivity contribution in [2.75, 3.05) is 5.32 Å². The third-order valence-electron chi connectivity index (χ3n) is 3.43. The first-order chi connectivity index (χ1) is 11.9. The van der Waals surface area contributed by atoms with Crippen LogP contribution in [-0.2, 0) is 5.75 Å². The molecule has 4 rings (SSSR count). The second kappa shape index (κ2) is 6.98. The number of pyridine rings is 1. The van der Waals surface area contributed by atoms with Gasteiger partial charge in [-0.05, 0) is 24.3 Å². The van der Waals surface area contributed by atoms with Gasteiger partial charge in [-0.3, -0.25) is 4.98 Å². The first kappa shape index (κ1) is 15.1. The van der Waals surface area contributed by atoms with Crippen LogP contribution >= 0.6 is 23.1 Å². The molecule has 0 atom stereocenters. The highest BCUT2D eigenvalue weighted by molar-refractivity contribution is 8.00. The zero-order valence-corrected chi connectivity index (χ0v) is 14.3. The van der Waals surface area contributed by atoms with Crippen LogP contribution in [-0.4, -0.2) is 15.2 Å². The lowest BCUT2D eigenvalue weighted by Gasteiger charge is -2.01. The topological polar surface area (TPSA) is 50.7 Å². The molecule has 4 aromatic rings. The molecule has 2 heterocycles. The molecule has 0 fully saturated rings. The van der Waals surface area contributed by atoms with Crippen LogP contribution in [0.5, 0.6) is 0 Å². The highest BCUT2D eigenvalue weighted by Crippen LogP contribution is 2.29. The number of hydrogen-bond donors (Lipinski definition) is 1. The molecule has 0 aliphatic heterocycles. The van der Waals surface area contributed by atoms with Gasteiger partial charge in [0.05, 0.1) is 11.2 Å². The van der Waals surface area contributed by atoms with E-state index in [0.717, 1.165) is 37.5 Å². The number of benzene rings is 2. The third kappa shape index (κ3) is 3.55. The summed E-state index contributed by atoms with van der Waals surface area (Å²) in [6.07, 6.45) is 0. The molecule has 0 unspecified atom stereocenters. The molecule has 0 saturated heterocycles. The fourth-order valence-electron chi connectivity index (χ4n) is 2.29. The van der Waals surface area contributed by atoms with E-state index in [1.165, 1.54) is 0 Å². The number of rotatable bonds is 5. The average Bonchev–Trinajstić information content (AvgIpc) is 3.08. The lowest BCUT2D eigenvalue weighted by Crippen LogP contribution is -1.88.